The molecule has 0 aliphatic carbocycles. The Morgan fingerprint density at radius 2 is 1.95 bits per heavy atom. The third-order valence-corrected chi connectivity index (χ3v) is 2.76. The van der Waals surface area contributed by atoms with Gasteiger partial charge in [-0.2, -0.15) is 0 Å². The van der Waals surface area contributed by atoms with Crippen molar-refractivity contribution in [3.05, 3.63) is 0 Å². The summed E-state index contributed by atoms with van der Waals surface area (Å²) in [6.45, 7) is 10.0. The molecule has 116 valence electrons. The Morgan fingerprint density at radius 1 is 1.30 bits per heavy atom. The smallest absolute Gasteiger partial charge is 0.408 e. The normalized spacial score (nSPS) is 20.6. The highest BCUT2D eigenvalue weighted by Gasteiger charge is 2.30. The van der Waals surface area contributed by atoms with Crippen LogP contribution in [0, 0.1) is 5.92 Å². The SMILES string of the molecule is CC(C)C(NC(=O)OC(C)(C)C)C(=O)OC1CCOC1. The van der Waals surface area contributed by atoms with Gasteiger partial charge in [0.2, 0.25) is 0 Å². The first-order chi connectivity index (χ1) is 9.19. The molecular weight excluding hydrogens is 262 g/mol. The van der Waals surface area contributed by atoms with Crippen LogP contribution in [-0.2, 0) is 19.0 Å². The van der Waals surface area contributed by atoms with Crippen molar-refractivity contribution < 1.29 is 23.8 Å². The standard InChI is InChI=1S/C14H25NO5/c1-9(2)11(15-13(17)20-14(3,4)5)12(16)19-10-6-7-18-8-10/h9-11H,6-8H2,1-5H3,(H,15,17). The molecule has 20 heavy (non-hydrogen) atoms. The number of amides is 1. The summed E-state index contributed by atoms with van der Waals surface area (Å²) in [5.74, 6) is -0.529. The first-order valence-corrected chi connectivity index (χ1v) is 6.97. The maximum atomic E-state index is 12.1. The van der Waals surface area contributed by atoms with Crippen molar-refractivity contribution in [1.82, 2.24) is 5.32 Å². The summed E-state index contributed by atoms with van der Waals surface area (Å²) in [4.78, 5) is 23.8. The Kier molecular flexibility index (Phi) is 5.80. The Labute approximate surface area is 120 Å². The van der Waals surface area contributed by atoms with Gasteiger partial charge in [0.05, 0.1) is 13.2 Å². The highest BCUT2D eigenvalue weighted by Crippen LogP contribution is 2.13. The van der Waals surface area contributed by atoms with Crippen molar-refractivity contribution in [2.75, 3.05) is 13.2 Å². The molecule has 0 radical (unpaired) electrons. The van der Waals surface area contributed by atoms with Crippen LogP contribution in [0.25, 0.3) is 0 Å². The maximum absolute atomic E-state index is 12.1. The van der Waals surface area contributed by atoms with E-state index in [0.29, 0.717) is 19.6 Å². The number of hydrogen-bond donors (Lipinski definition) is 1. The first kappa shape index (κ1) is 16.8. The minimum absolute atomic E-state index is 0.0858. The highest BCUT2D eigenvalue weighted by atomic mass is 16.6. The second-order valence-corrected chi connectivity index (χ2v) is 6.29. The molecule has 0 aromatic heterocycles. The molecule has 1 fully saturated rings. The van der Waals surface area contributed by atoms with Gasteiger partial charge in [0, 0.05) is 6.42 Å². The summed E-state index contributed by atoms with van der Waals surface area (Å²) >= 11 is 0. The number of alkyl carbamates (subject to hydrolysis) is 1. The van der Waals surface area contributed by atoms with Crippen molar-refractivity contribution in [2.24, 2.45) is 5.92 Å². The molecule has 1 aliphatic heterocycles. The van der Waals surface area contributed by atoms with Crippen molar-refractivity contribution in [3.63, 3.8) is 0 Å². The van der Waals surface area contributed by atoms with Crippen LogP contribution < -0.4 is 5.32 Å². The van der Waals surface area contributed by atoms with E-state index in [4.69, 9.17) is 14.2 Å². The van der Waals surface area contributed by atoms with Gasteiger partial charge in [-0.1, -0.05) is 13.8 Å². The Bertz CT molecular complexity index is 342. The summed E-state index contributed by atoms with van der Waals surface area (Å²) in [5.41, 5.74) is -0.602. The van der Waals surface area contributed by atoms with Gasteiger partial charge >= 0.3 is 12.1 Å². The van der Waals surface area contributed by atoms with E-state index in [2.05, 4.69) is 5.32 Å². The number of rotatable bonds is 4. The van der Waals surface area contributed by atoms with E-state index in [1.165, 1.54) is 0 Å². The van der Waals surface area contributed by atoms with Crippen LogP contribution in [0.5, 0.6) is 0 Å². The van der Waals surface area contributed by atoms with Crippen molar-refractivity contribution in [2.45, 2.75) is 58.8 Å². The molecule has 1 aliphatic rings. The molecule has 1 N–H and O–H groups in total. The minimum atomic E-state index is -0.717. The molecule has 1 saturated heterocycles. The van der Waals surface area contributed by atoms with Crippen LogP contribution >= 0.6 is 0 Å². The van der Waals surface area contributed by atoms with Crippen LogP contribution in [0.3, 0.4) is 0 Å². The van der Waals surface area contributed by atoms with E-state index < -0.39 is 23.7 Å². The van der Waals surface area contributed by atoms with E-state index in [-0.39, 0.29) is 12.0 Å². The van der Waals surface area contributed by atoms with Crippen LogP contribution in [0.2, 0.25) is 0 Å². The monoisotopic (exact) mass is 287 g/mol. The Balaban J connectivity index is 2.54. The van der Waals surface area contributed by atoms with E-state index in [0.717, 1.165) is 0 Å². The molecule has 0 aromatic carbocycles. The quantitative estimate of drug-likeness (QED) is 0.799. The molecular formula is C14H25NO5. The van der Waals surface area contributed by atoms with E-state index in [9.17, 15) is 9.59 Å². The lowest BCUT2D eigenvalue weighted by Gasteiger charge is -2.25. The summed E-state index contributed by atoms with van der Waals surface area (Å²) in [5, 5.41) is 2.57. The molecule has 1 rings (SSSR count). The summed E-state index contributed by atoms with van der Waals surface area (Å²) < 4.78 is 15.6. The van der Waals surface area contributed by atoms with Gasteiger partial charge in [0.1, 0.15) is 17.7 Å². The van der Waals surface area contributed by atoms with E-state index in [1.54, 1.807) is 20.8 Å². The largest absolute Gasteiger partial charge is 0.458 e. The van der Waals surface area contributed by atoms with Gasteiger partial charge in [-0.25, -0.2) is 9.59 Å². The molecule has 6 nitrogen and oxygen atoms in total. The number of ether oxygens (including phenoxy) is 3. The van der Waals surface area contributed by atoms with Gasteiger partial charge in [-0.15, -0.1) is 0 Å². The molecule has 0 aromatic rings. The zero-order valence-corrected chi connectivity index (χ0v) is 12.9. The van der Waals surface area contributed by atoms with E-state index in [1.807, 2.05) is 13.8 Å². The average molecular weight is 287 g/mol. The number of carbonyl (C=O) groups is 2. The van der Waals surface area contributed by atoms with Crippen molar-refractivity contribution in [1.29, 1.82) is 0 Å². The minimum Gasteiger partial charge on any atom is -0.458 e. The second-order valence-electron chi connectivity index (χ2n) is 6.29. The van der Waals surface area contributed by atoms with Crippen LogP contribution in [0.15, 0.2) is 0 Å². The molecule has 2 atom stereocenters. The highest BCUT2D eigenvalue weighted by molar-refractivity contribution is 5.81. The maximum Gasteiger partial charge on any atom is 0.408 e. The van der Waals surface area contributed by atoms with Crippen LogP contribution in [0.4, 0.5) is 4.79 Å². The second kappa shape index (κ2) is 6.92. The molecule has 2 unspecified atom stereocenters. The fraction of sp³-hybridized carbons (Fsp3) is 0.857. The summed E-state index contributed by atoms with van der Waals surface area (Å²) in [6, 6.07) is -0.717. The van der Waals surface area contributed by atoms with Gasteiger partial charge in [-0.3, -0.25) is 0 Å². The van der Waals surface area contributed by atoms with Gasteiger partial charge in [0.25, 0.3) is 0 Å². The van der Waals surface area contributed by atoms with Crippen LogP contribution in [-0.4, -0.2) is 43.0 Å². The Hall–Kier alpha value is -1.30. The zero-order valence-electron chi connectivity index (χ0n) is 12.9. The van der Waals surface area contributed by atoms with Gasteiger partial charge in [-0.05, 0) is 26.7 Å². The first-order valence-electron chi connectivity index (χ1n) is 6.97. The number of nitrogens with one attached hydrogen (secondary N) is 1. The lowest BCUT2D eigenvalue weighted by atomic mass is 10.0. The average Bonchev–Trinajstić information content (AvgIpc) is 2.75. The van der Waals surface area contributed by atoms with Gasteiger partial charge < -0.3 is 19.5 Å². The number of hydrogen-bond acceptors (Lipinski definition) is 5. The van der Waals surface area contributed by atoms with E-state index >= 15 is 0 Å². The van der Waals surface area contributed by atoms with Crippen molar-refractivity contribution in [3.8, 4) is 0 Å². The Morgan fingerprint density at radius 3 is 2.40 bits per heavy atom. The predicted molar refractivity (Wildman–Crippen MR) is 73.3 cm³/mol. The lowest BCUT2D eigenvalue weighted by molar-refractivity contribution is -0.152. The van der Waals surface area contributed by atoms with Crippen LogP contribution in [0.1, 0.15) is 41.0 Å². The third-order valence-electron chi connectivity index (χ3n) is 2.76. The predicted octanol–water partition coefficient (Wildman–Crippen LogP) is 1.87. The van der Waals surface area contributed by atoms with Gasteiger partial charge in [0.15, 0.2) is 0 Å². The third kappa shape index (κ3) is 5.77. The molecule has 6 heteroatoms. The number of esters is 1. The zero-order chi connectivity index (χ0) is 15.3. The molecule has 1 heterocycles. The molecule has 0 bridgehead atoms. The fourth-order valence-electron chi connectivity index (χ4n) is 1.78. The lowest BCUT2D eigenvalue weighted by Crippen LogP contribution is -2.48. The molecule has 0 spiro atoms. The molecule has 0 saturated carbocycles. The topological polar surface area (TPSA) is 73.9 Å². The molecule has 1 amide bonds. The fourth-order valence-corrected chi connectivity index (χ4v) is 1.78. The van der Waals surface area contributed by atoms with Crippen molar-refractivity contribution >= 4 is 12.1 Å². The number of carbonyl (C=O) groups excluding carboxylic acids is 2. The summed E-state index contributed by atoms with van der Waals surface area (Å²) in [6.07, 6.45) is -0.136. The summed E-state index contributed by atoms with van der Waals surface area (Å²) in [7, 11) is 0.